The Morgan fingerprint density at radius 3 is 2.87 bits per heavy atom. The number of nitrogens with zero attached hydrogens (tertiary/aromatic N) is 2. The summed E-state index contributed by atoms with van der Waals surface area (Å²) in [5.74, 6) is -0.202. The first-order valence-electron chi connectivity index (χ1n) is 4.75. The van der Waals surface area contributed by atoms with Crippen LogP contribution in [0.3, 0.4) is 0 Å². The molecule has 15 heavy (non-hydrogen) atoms. The zero-order chi connectivity index (χ0) is 10.4. The molecule has 0 atom stereocenters. The van der Waals surface area contributed by atoms with Gasteiger partial charge in [0.1, 0.15) is 5.82 Å². The predicted molar refractivity (Wildman–Crippen MR) is 58.2 cm³/mol. The number of fused-ring (bicyclic) bond motifs is 3. The fourth-order valence-electron chi connectivity index (χ4n) is 2.03. The van der Waals surface area contributed by atoms with Crippen LogP contribution in [-0.2, 0) is 7.05 Å². The van der Waals surface area contributed by atoms with Gasteiger partial charge in [-0.05, 0) is 24.3 Å². The van der Waals surface area contributed by atoms with Gasteiger partial charge in [0.15, 0.2) is 0 Å². The van der Waals surface area contributed by atoms with E-state index in [4.69, 9.17) is 0 Å². The molecule has 0 aliphatic heterocycles. The van der Waals surface area contributed by atoms with Crippen LogP contribution in [0.1, 0.15) is 0 Å². The second-order valence-electron chi connectivity index (χ2n) is 3.61. The Morgan fingerprint density at radius 1 is 1.13 bits per heavy atom. The van der Waals surface area contributed by atoms with Gasteiger partial charge in [-0.25, -0.2) is 4.39 Å². The van der Waals surface area contributed by atoms with E-state index in [1.807, 2.05) is 17.7 Å². The number of rotatable bonds is 0. The fraction of sp³-hybridized carbons (Fsp3) is 0.0833. The summed E-state index contributed by atoms with van der Waals surface area (Å²) in [6.07, 6.45) is 3.53. The highest BCUT2D eigenvalue weighted by molar-refractivity contribution is 6.07. The standard InChI is InChI=1S/C12H9FN2/c1-15-11-3-2-8(13)6-10(11)9-4-5-14-7-12(9)15/h2-7H,1H3. The molecule has 0 aliphatic rings. The Kier molecular flexibility index (Phi) is 1.57. The summed E-state index contributed by atoms with van der Waals surface area (Å²) in [5, 5.41) is 1.98. The highest BCUT2D eigenvalue weighted by Crippen LogP contribution is 2.27. The number of pyridine rings is 1. The minimum atomic E-state index is -0.202. The topological polar surface area (TPSA) is 17.8 Å². The maximum Gasteiger partial charge on any atom is 0.123 e. The van der Waals surface area contributed by atoms with Crippen LogP contribution in [-0.4, -0.2) is 9.55 Å². The van der Waals surface area contributed by atoms with Crippen LogP contribution in [0.25, 0.3) is 21.8 Å². The summed E-state index contributed by atoms with van der Waals surface area (Å²) in [4.78, 5) is 4.08. The van der Waals surface area contributed by atoms with E-state index in [1.165, 1.54) is 6.07 Å². The molecule has 0 amide bonds. The van der Waals surface area contributed by atoms with Gasteiger partial charge in [0.05, 0.1) is 11.7 Å². The van der Waals surface area contributed by atoms with Crippen LogP contribution >= 0.6 is 0 Å². The summed E-state index contributed by atoms with van der Waals surface area (Å²) < 4.78 is 15.2. The van der Waals surface area contributed by atoms with Crippen LogP contribution < -0.4 is 0 Å². The van der Waals surface area contributed by atoms with E-state index in [0.717, 1.165) is 21.8 Å². The Balaban J connectivity index is 2.64. The normalized spacial score (nSPS) is 11.3. The third-order valence-corrected chi connectivity index (χ3v) is 2.77. The molecule has 0 saturated carbocycles. The maximum atomic E-state index is 13.1. The van der Waals surface area contributed by atoms with Crippen molar-refractivity contribution in [3.8, 4) is 0 Å². The van der Waals surface area contributed by atoms with Crippen molar-refractivity contribution in [1.29, 1.82) is 0 Å². The fourth-order valence-corrected chi connectivity index (χ4v) is 2.03. The number of aromatic nitrogens is 2. The van der Waals surface area contributed by atoms with Gasteiger partial charge in [-0.3, -0.25) is 4.98 Å². The molecule has 2 heterocycles. The van der Waals surface area contributed by atoms with E-state index in [2.05, 4.69) is 4.98 Å². The SMILES string of the molecule is Cn1c2ccc(F)cc2c2ccncc21. The van der Waals surface area contributed by atoms with Gasteiger partial charge < -0.3 is 4.57 Å². The van der Waals surface area contributed by atoms with Crippen LogP contribution in [0.5, 0.6) is 0 Å². The zero-order valence-corrected chi connectivity index (χ0v) is 8.24. The van der Waals surface area contributed by atoms with Crippen LogP contribution in [0.2, 0.25) is 0 Å². The molecule has 2 nitrogen and oxygen atoms in total. The lowest BCUT2D eigenvalue weighted by molar-refractivity contribution is 0.629. The Morgan fingerprint density at radius 2 is 2.00 bits per heavy atom. The predicted octanol–water partition coefficient (Wildman–Crippen LogP) is 2.87. The molecular formula is C12H9FN2. The molecular weight excluding hydrogens is 191 g/mol. The molecule has 3 heteroatoms. The lowest BCUT2D eigenvalue weighted by Gasteiger charge is -1.95. The Hall–Kier alpha value is -1.90. The van der Waals surface area contributed by atoms with Crippen molar-refractivity contribution in [2.75, 3.05) is 0 Å². The van der Waals surface area contributed by atoms with E-state index in [0.29, 0.717) is 0 Å². The lowest BCUT2D eigenvalue weighted by atomic mass is 10.2. The van der Waals surface area contributed by atoms with E-state index in [-0.39, 0.29) is 5.82 Å². The maximum absolute atomic E-state index is 13.1. The molecule has 0 saturated heterocycles. The average molecular weight is 200 g/mol. The van der Waals surface area contributed by atoms with Gasteiger partial charge in [-0.15, -0.1) is 0 Å². The van der Waals surface area contributed by atoms with Crippen LogP contribution in [0.4, 0.5) is 4.39 Å². The molecule has 0 unspecified atom stereocenters. The molecule has 74 valence electrons. The minimum absolute atomic E-state index is 0.202. The highest BCUT2D eigenvalue weighted by atomic mass is 19.1. The van der Waals surface area contributed by atoms with Crippen molar-refractivity contribution >= 4 is 21.8 Å². The molecule has 2 aromatic heterocycles. The van der Waals surface area contributed by atoms with Crippen LogP contribution in [0.15, 0.2) is 36.7 Å². The summed E-state index contributed by atoms with van der Waals surface area (Å²) in [7, 11) is 1.96. The van der Waals surface area contributed by atoms with Crippen molar-refractivity contribution in [3.05, 3.63) is 42.5 Å². The first-order valence-corrected chi connectivity index (χ1v) is 4.75. The third kappa shape index (κ3) is 1.06. The number of hydrogen-bond acceptors (Lipinski definition) is 1. The summed E-state index contributed by atoms with van der Waals surface area (Å²) in [5.41, 5.74) is 2.05. The van der Waals surface area contributed by atoms with Gasteiger partial charge in [0.2, 0.25) is 0 Å². The highest BCUT2D eigenvalue weighted by Gasteiger charge is 2.07. The molecule has 0 radical (unpaired) electrons. The van der Waals surface area contributed by atoms with E-state index in [9.17, 15) is 4.39 Å². The van der Waals surface area contributed by atoms with Crippen molar-refractivity contribution in [2.24, 2.45) is 7.05 Å². The summed E-state index contributed by atoms with van der Waals surface area (Å²) >= 11 is 0. The number of halogens is 1. The van der Waals surface area contributed by atoms with Crippen LogP contribution in [0, 0.1) is 5.82 Å². The smallest absolute Gasteiger partial charge is 0.123 e. The second-order valence-corrected chi connectivity index (χ2v) is 3.61. The molecule has 1 aromatic carbocycles. The molecule has 3 rings (SSSR count). The molecule has 0 bridgehead atoms. The molecule has 0 spiro atoms. The number of benzene rings is 1. The van der Waals surface area contributed by atoms with Gasteiger partial charge in [-0.1, -0.05) is 0 Å². The van der Waals surface area contributed by atoms with Gasteiger partial charge in [0.25, 0.3) is 0 Å². The first-order chi connectivity index (χ1) is 7.27. The van der Waals surface area contributed by atoms with Crippen molar-refractivity contribution in [1.82, 2.24) is 9.55 Å². The third-order valence-electron chi connectivity index (χ3n) is 2.77. The molecule has 0 fully saturated rings. The molecule has 0 aliphatic carbocycles. The lowest BCUT2D eigenvalue weighted by Crippen LogP contribution is -1.86. The van der Waals surface area contributed by atoms with E-state index < -0.39 is 0 Å². The van der Waals surface area contributed by atoms with Crippen molar-refractivity contribution in [3.63, 3.8) is 0 Å². The molecule has 3 aromatic rings. The van der Waals surface area contributed by atoms with Crippen molar-refractivity contribution < 1.29 is 4.39 Å². The monoisotopic (exact) mass is 200 g/mol. The van der Waals surface area contributed by atoms with Gasteiger partial charge >= 0.3 is 0 Å². The van der Waals surface area contributed by atoms with Gasteiger partial charge in [0, 0.05) is 29.5 Å². The van der Waals surface area contributed by atoms with E-state index >= 15 is 0 Å². The zero-order valence-electron chi connectivity index (χ0n) is 8.24. The van der Waals surface area contributed by atoms with E-state index in [1.54, 1.807) is 24.5 Å². The number of aryl methyl sites for hydroxylation is 1. The van der Waals surface area contributed by atoms with Crippen molar-refractivity contribution in [2.45, 2.75) is 0 Å². The largest absolute Gasteiger partial charge is 0.342 e. The minimum Gasteiger partial charge on any atom is -0.342 e. The molecule has 0 N–H and O–H groups in total. The first kappa shape index (κ1) is 8.41. The van der Waals surface area contributed by atoms with Gasteiger partial charge in [-0.2, -0.15) is 0 Å². The average Bonchev–Trinajstić information content (AvgIpc) is 2.54. The second kappa shape index (κ2) is 2.79. The Labute approximate surface area is 86.0 Å². The summed E-state index contributed by atoms with van der Waals surface area (Å²) in [6.45, 7) is 0. The summed E-state index contributed by atoms with van der Waals surface area (Å²) in [6, 6.07) is 6.76. The Bertz CT molecular complexity index is 655. The number of hydrogen-bond donors (Lipinski definition) is 0. The quantitative estimate of drug-likeness (QED) is 0.545.